The van der Waals surface area contributed by atoms with E-state index in [0.717, 1.165) is 54.4 Å². The van der Waals surface area contributed by atoms with Crippen LogP contribution in [0.2, 0.25) is 0 Å². The Balaban J connectivity index is 1.76. The van der Waals surface area contributed by atoms with E-state index in [1.54, 1.807) is 4.90 Å². The number of hydrogen-bond acceptors (Lipinski definition) is 4. The van der Waals surface area contributed by atoms with Gasteiger partial charge >= 0.3 is 0 Å². The Morgan fingerprint density at radius 2 is 1.77 bits per heavy atom. The normalized spacial score (nSPS) is 16.9. The van der Waals surface area contributed by atoms with E-state index in [1.165, 1.54) is 0 Å². The predicted molar refractivity (Wildman–Crippen MR) is 104 cm³/mol. The Kier molecular flexibility index (Phi) is 5.00. The summed E-state index contributed by atoms with van der Waals surface area (Å²) in [6, 6.07) is 10.0. The zero-order valence-corrected chi connectivity index (χ0v) is 15.9. The van der Waals surface area contributed by atoms with Crippen LogP contribution in [0, 0.1) is 0 Å². The van der Waals surface area contributed by atoms with E-state index in [-0.39, 0.29) is 5.91 Å². The first-order valence-corrected chi connectivity index (χ1v) is 9.78. The molecule has 2 aromatic rings. The molecule has 0 radical (unpaired) electrons. The Morgan fingerprint density at radius 1 is 1.04 bits per heavy atom. The van der Waals surface area contributed by atoms with Gasteiger partial charge < -0.3 is 9.80 Å². The van der Waals surface area contributed by atoms with Gasteiger partial charge in [0.2, 0.25) is 0 Å². The molecule has 0 aliphatic carbocycles. The molecule has 0 unspecified atom stereocenters. The summed E-state index contributed by atoms with van der Waals surface area (Å²) < 4.78 is 0. The van der Waals surface area contributed by atoms with Crippen molar-refractivity contribution in [1.29, 1.82) is 0 Å². The molecule has 26 heavy (non-hydrogen) atoms. The summed E-state index contributed by atoms with van der Waals surface area (Å²) in [6.07, 6.45) is 3.01. The molecule has 136 valence electrons. The van der Waals surface area contributed by atoms with Crippen molar-refractivity contribution in [3.63, 3.8) is 0 Å². The summed E-state index contributed by atoms with van der Waals surface area (Å²) in [7, 11) is 0. The van der Waals surface area contributed by atoms with Crippen LogP contribution in [0.3, 0.4) is 0 Å². The number of aromatic nitrogens is 2. The van der Waals surface area contributed by atoms with Crippen molar-refractivity contribution in [3.05, 3.63) is 41.6 Å². The van der Waals surface area contributed by atoms with E-state index in [9.17, 15) is 4.79 Å². The topological polar surface area (TPSA) is 49.3 Å². The second kappa shape index (κ2) is 7.41. The zero-order chi connectivity index (χ0) is 18.1. The van der Waals surface area contributed by atoms with Crippen LogP contribution in [0.4, 0.5) is 5.82 Å². The van der Waals surface area contributed by atoms with E-state index in [2.05, 4.69) is 4.90 Å². The zero-order valence-electron chi connectivity index (χ0n) is 14.4. The third-order valence-corrected chi connectivity index (χ3v) is 5.35. The van der Waals surface area contributed by atoms with Gasteiger partial charge in [-0.2, -0.15) is 0 Å². The molecule has 1 saturated heterocycles. The second-order valence-electron chi connectivity index (χ2n) is 6.67. The molecule has 4 rings (SSSR count). The van der Waals surface area contributed by atoms with Gasteiger partial charge in [-0.15, -0.1) is 0 Å². The molecular formula is C19H20Cl2N4O. The van der Waals surface area contributed by atoms with Crippen LogP contribution in [-0.4, -0.2) is 45.2 Å². The van der Waals surface area contributed by atoms with Gasteiger partial charge in [-0.1, -0.05) is 53.5 Å². The van der Waals surface area contributed by atoms with Crippen molar-refractivity contribution in [2.75, 3.05) is 24.5 Å². The molecule has 1 aromatic carbocycles. The maximum absolute atomic E-state index is 12.2. The number of carbonyl (C=O) groups excluding carboxylic acids is 1. The summed E-state index contributed by atoms with van der Waals surface area (Å²) in [5.41, 5.74) is 3.06. The molecular weight excluding hydrogens is 371 g/mol. The molecule has 5 nitrogen and oxygen atoms in total. The van der Waals surface area contributed by atoms with Crippen molar-refractivity contribution >= 4 is 34.9 Å². The molecule has 1 aromatic heterocycles. The molecule has 0 atom stereocenters. The molecule has 0 bridgehead atoms. The van der Waals surface area contributed by atoms with Gasteiger partial charge in [-0.3, -0.25) is 4.79 Å². The summed E-state index contributed by atoms with van der Waals surface area (Å²) in [5, 5.41) is 0. The highest BCUT2D eigenvalue weighted by molar-refractivity contribution is 6.53. The van der Waals surface area contributed by atoms with Crippen LogP contribution in [0.1, 0.15) is 24.1 Å². The lowest BCUT2D eigenvalue weighted by Gasteiger charge is -2.32. The standard InChI is InChI=1S/C19H20Cl2N4O/c20-16(21)19(26)25-11-8-15-14(12-25)18(24-9-4-5-10-24)23-17(22-15)13-6-2-1-3-7-13/h1-3,6-7,16H,4-5,8-12H2. The SMILES string of the molecule is O=C(C(Cl)Cl)N1CCc2nc(-c3ccccc3)nc(N3CCCC3)c2C1. The molecule has 2 aliphatic rings. The molecule has 2 aliphatic heterocycles. The Morgan fingerprint density at radius 3 is 2.46 bits per heavy atom. The lowest BCUT2D eigenvalue weighted by atomic mass is 10.0. The van der Waals surface area contributed by atoms with E-state index >= 15 is 0 Å². The van der Waals surface area contributed by atoms with Gasteiger partial charge in [0.15, 0.2) is 10.7 Å². The maximum Gasteiger partial charge on any atom is 0.256 e. The summed E-state index contributed by atoms with van der Waals surface area (Å²) in [4.78, 5) is 24.9. The smallest absolute Gasteiger partial charge is 0.256 e. The number of halogens is 2. The van der Waals surface area contributed by atoms with Crippen LogP contribution in [0.25, 0.3) is 11.4 Å². The lowest BCUT2D eigenvalue weighted by molar-refractivity contribution is -0.130. The third-order valence-electron chi connectivity index (χ3n) is 4.97. The fourth-order valence-electron chi connectivity index (χ4n) is 3.63. The number of alkyl halides is 2. The number of rotatable bonds is 3. The molecule has 1 amide bonds. The predicted octanol–water partition coefficient (Wildman–Crippen LogP) is 3.43. The average molecular weight is 391 g/mol. The molecule has 7 heteroatoms. The summed E-state index contributed by atoms with van der Waals surface area (Å²) in [6.45, 7) is 3.01. The number of carbonyl (C=O) groups is 1. The van der Waals surface area contributed by atoms with E-state index in [4.69, 9.17) is 33.2 Å². The van der Waals surface area contributed by atoms with Crippen molar-refractivity contribution < 1.29 is 4.79 Å². The quantitative estimate of drug-likeness (QED) is 0.753. The maximum atomic E-state index is 12.2. The van der Waals surface area contributed by atoms with Gasteiger partial charge in [0.25, 0.3) is 5.91 Å². The van der Waals surface area contributed by atoms with Gasteiger partial charge in [0.05, 0.1) is 12.2 Å². The van der Waals surface area contributed by atoms with Crippen molar-refractivity contribution in [2.24, 2.45) is 0 Å². The van der Waals surface area contributed by atoms with Crippen molar-refractivity contribution in [3.8, 4) is 11.4 Å². The second-order valence-corrected chi connectivity index (χ2v) is 7.76. The number of anilines is 1. The number of nitrogens with zero attached hydrogens (tertiary/aromatic N) is 4. The van der Waals surface area contributed by atoms with E-state index < -0.39 is 4.84 Å². The van der Waals surface area contributed by atoms with Crippen molar-refractivity contribution in [2.45, 2.75) is 30.6 Å². The first kappa shape index (κ1) is 17.6. The third kappa shape index (κ3) is 3.38. The van der Waals surface area contributed by atoms with Gasteiger partial charge in [-0.05, 0) is 12.8 Å². The summed E-state index contributed by atoms with van der Waals surface area (Å²) >= 11 is 11.6. The highest BCUT2D eigenvalue weighted by Gasteiger charge is 2.30. The lowest BCUT2D eigenvalue weighted by Crippen LogP contribution is -2.40. The highest BCUT2D eigenvalue weighted by atomic mass is 35.5. The molecule has 0 saturated carbocycles. The minimum absolute atomic E-state index is 0.251. The van der Waals surface area contributed by atoms with Gasteiger partial charge in [-0.25, -0.2) is 9.97 Å². The summed E-state index contributed by atoms with van der Waals surface area (Å²) in [5.74, 6) is 1.45. The molecule has 0 spiro atoms. The Bertz CT molecular complexity index is 807. The highest BCUT2D eigenvalue weighted by Crippen LogP contribution is 2.32. The monoisotopic (exact) mass is 390 g/mol. The molecule has 1 fully saturated rings. The minimum atomic E-state index is -1.03. The average Bonchev–Trinajstić information content (AvgIpc) is 3.21. The Hall–Kier alpha value is -1.85. The fraction of sp³-hybridized carbons (Fsp3) is 0.421. The van der Waals surface area contributed by atoms with Gasteiger partial charge in [0, 0.05) is 37.2 Å². The van der Waals surface area contributed by atoms with Gasteiger partial charge in [0.1, 0.15) is 5.82 Å². The van der Waals surface area contributed by atoms with Crippen LogP contribution >= 0.6 is 23.2 Å². The van der Waals surface area contributed by atoms with Crippen LogP contribution in [-0.2, 0) is 17.8 Å². The first-order chi connectivity index (χ1) is 12.6. The number of hydrogen-bond donors (Lipinski definition) is 0. The largest absolute Gasteiger partial charge is 0.356 e. The number of fused-ring (bicyclic) bond motifs is 1. The van der Waals surface area contributed by atoms with Crippen molar-refractivity contribution in [1.82, 2.24) is 14.9 Å². The molecule has 3 heterocycles. The van der Waals surface area contributed by atoms with E-state index in [0.29, 0.717) is 19.5 Å². The van der Waals surface area contributed by atoms with Crippen LogP contribution < -0.4 is 4.90 Å². The fourth-order valence-corrected chi connectivity index (χ4v) is 3.91. The number of benzene rings is 1. The van der Waals surface area contributed by atoms with Crippen LogP contribution in [0.5, 0.6) is 0 Å². The first-order valence-electron chi connectivity index (χ1n) is 8.90. The minimum Gasteiger partial charge on any atom is -0.356 e. The van der Waals surface area contributed by atoms with Crippen LogP contribution in [0.15, 0.2) is 30.3 Å². The molecule has 0 N–H and O–H groups in total. The number of amides is 1. The van der Waals surface area contributed by atoms with E-state index in [1.807, 2.05) is 30.3 Å². The Labute approximate surface area is 162 Å².